The van der Waals surface area contributed by atoms with Crippen LogP contribution in [0.25, 0.3) is 0 Å². The number of carbonyl (C=O) groups is 1. The second-order valence-electron chi connectivity index (χ2n) is 4.96. The van der Waals surface area contributed by atoms with E-state index in [0.717, 1.165) is 18.9 Å². The highest BCUT2D eigenvalue weighted by atomic mass is 16.5. The second kappa shape index (κ2) is 7.67. The van der Waals surface area contributed by atoms with Crippen LogP contribution in [-0.2, 0) is 9.53 Å². The summed E-state index contributed by atoms with van der Waals surface area (Å²) in [5.74, 6) is 0.670. The molecule has 1 heterocycles. The average molecular weight is 242 g/mol. The van der Waals surface area contributed by atoms with Gasteiger partial charge in [-0.1, -0.05) is 0 Å². The van der Waals surface area contributed by atoms with Gasteiger partial charge in [-0.2, -0.15) is 0 Å². The lowest BCUT2D eigenvalue weighted by Gasteiger charge is -2.29. The maximum absolute atomic E-state index is 11.4. The quantitative estimate of drug-likeness (QED) is 0.712. The van der Waals surface area contributed by atoms with Crippen LogP contribution in [0.4, 0.5) is 0 Å². The number of hydrogen-bond donors (Lipinski definition) is 1. The molecule has 1 aliphatic heterocycles. The highest BCUT2D eigenvalue weighted by Gasteiger charge is 2.17. The first-order valence-electron chi connectivity index (χ1n) is 6.72. The number of piperidine rings is 1. The third-order valence-corrected chi connectivity index (χ3v) is 3.48. The summed E-state index contributed by atoms with van der Waals surface area (Å²) in [6, 6.07) is -0.179. The number of ether oxygens (including phenoxy) is 1. The van der Waals surface area contributed by atoms with Crippen LogP contribution in [0.1, 0.15) is 33.1 Å². The van der Waals surface area contributed by atoms with Crippen LogP contribution < -0.4 is 5.32 Å². The Morgan fingerprint density at radius 2 is 2.12 bits per heavy atom. The Morgan fingerprint density at radius 1 is 1.47 bits per heavy atom. The summed E-state index contributed by atoms with van der Waals surface area (Å²) in [6.45, 7) is 7.49. The Hall–Kier alpha value is -0.610. The average Bonchev–Trinajstić information content (AvgIpc) is 2.32. The van der Waals surface area contributed by atoms with Gasteiger partial charge in [0, 0.05) is 0 Å². The van der Waals surface area contributed by atoms with Crippen LogP contribution >= 0.6 is 0 Å². The Balaban J connectivity index is 2.09. The van der Waals surface area contributed by atoms with Gasteiger partial charge >= 0.3 is 5.97 Å². The molecule has 17 heavy (non-hydrogen) atoms. The molecule has 0 aromatic rings. The highest BCUT2D eigenvalue weighted by Crippen LogP contribution is 2.18. The number of nitrogens with one attached hydrogen (secondary N) is 1. The summed E-state index contributed by atoms with van der Waals surface area (Å²) in [5, 5.41) is 3.24. The van der Waals surface area contributed by atoms with Crippen LogP contribution in [0.5, 0.6) is 0 Å². The zero-order chi connectivity index (χ0) is 12.7. The highest BCUT2D eigenvalue weighted by molar-refractivity contribution is 5.75. The van der Waals surface area contributed by atoms with E-state index in [1.807, 2.05) is 13.8 Å². The minimum absolute atomic E-state index is 0.143. The number of nitrogens with zero attached hydrogens (tertiary/aromatic N) is 1. The monoisotopic (exact) mass is 242 g/mol. The van der Waals surface area contributed by atoms with E-state index in [-0.39, 0.29) is 12.0 Å². The van der Waals surface area contributed by atoms with Crippen molar-refractivity contribution >= 4 is 5.97 Å². The predicted molar refractivity (Wildman–Crippen MR) is 68.9 cm³/mol. The lowest BCUT2D eigenvalue weighted by molar-refractivity contribution is -0.145. The molecule has 0 aromatic carbocycles. The summed E-state index contributed by atoms with van der Waals surface area (Å²) in [5.41, 5.74) is 0. The first kappa shape index (κ1) is 14.5. The number of likely N-dealkylation sites (tertiary alicyclic amines) is 1. The zero-order valence-electron chi connectivity index (χ0n) is 11.4. The fraction of sp³-hybridized carbons (Fsp3) is 0.923. The zero-order valence-corrected chi connectivity index (χ0v) is 11.4. The molecular formula is C13H26N2O2. The number of hydrogen-bond acceptors (Lipinski definition) is 4. The Bertz CT molecular complexity index is 225. The molecule has 4 heteroatoms. The van der Waals surface area contributed by atoms with E-state index in [4.69, 9.17) is 4.74 Å². The van der Waals surface area contributed by atoms with Gasteiger partial charge in [-0.3, -0.25) is 4.79 Å². The molecule has 100 valence electrons. The van der Waals surface area contributed by atoms with Crippen molar-refractivity contribution < 1.29 is 9.53 Å². The fourth-order valence-corrected chi connectivity index (χ4v) is 2.21. The molecule has 0 saturated carbocycles. The van der Waals surface area contributed by atoms with Crippen LogP contribution in [0.2, 0.25) is 0 Å². The van der Waals surface area contributed by atoms with Gasteiger partial charge in [-0.15, -0.1) is 0 Å². The van der Waals surface area contributed by atoms with Crippen molar-refractivity contribution in [1.82, 2.24) is 10.2 Å². The lowest BCUT2D eigenvalue weighted by Crippen LogP contribution is -2.37. The lowest BCUT2D eigenvalue weighted by atomic mass is 9.94. The second-order valence-corrected chi connectivity index (χ2v) is 4.96. The first-order valence-corrected chi connectivity index (χ1v) is 6.72. The molecule has 1 atom stereocenters. The predicted octanol–water partition coefficient (Wildman–Crippen LogP) is 1.26. The minimum Gasteiger partial charge on any atom is -0.465 e. The molecular weight excluding hydrogens is 216 g/mol. The molecule has 0 amide bonds. The number of esters is 1. The number of rotatable bonds is 6. The molecule has 1 unspecified atom stereocenters. The van der Waals surface area contributed by atoms with Crippen LogP contribution in [0.3, 0.4) is 0 Å². The molecule has 0 spiro atoms. The first-order chi connectivity index (χ1) is 8.13. The van der Waals surface area contributed by atoms with E-state index in [9.17, 15) is 4.79 Å². The van der Waals surface area contributed by atoms with Crippen molar-refractivity contribution in [3.63, 3.8) is 0 Å². The van der Waals surface area contributed by atoms with E-state index in [1.165, 1.54) is 25.9 Å². The van der Waals surface area contributed by atoms with Crippen molar-refractivity contribution in [3.05, 3.63) is 0 Å². The van der Waals surface area contributed by atoms with E-state index >= 15 is 0 Å². The molecule has 0 radical (unpaired) electrons. The summed E-state index contributed by atoms with van der Waals surface area (Å²) >= 11 is 0. The van der Waals surface area contributed by atoms with Crippen LogP contribution in [-0.4, -0.2) is 50.2 Å². The molecule has 0 bridgehead atoms. The van der Waals surface area contributed by atoms with E-state index < -0.39 is 0 Å². The topological polar surface area (TPSA) is 41.6 Å². The number of carbonyl (C=O) groups excluding carboxylic acids is 1. The van der Waals surface area contributed by atoms with Crippen molar-refractivity contribution in [2.24, 2.45) is 5.92 Å². The summed E-state index contributed by atoms with van der Waals surface area (Å²) in [4.78, 5) is 13.8. The fourth-order valence-electron chi connectivity index (χ4n) is 2.21. The minimum atomic E-state index is -0.179. The Morgan fingerprint density at radius 3 is 2.71 bits per heavy atom. The SMILES string of the molecule is CCOC(=O)C(C)NCCC1CCN(C)CC1. The van der Waals surface area contributed by atoms with Crippen LogP contribution in [0, 0.1) is 5.92 Å². The third-order valence-electron chi connectivity index (χ3n) is 3.48. The van der Waals surface area contributed by atoms with Gasteiger partial charge in [-0.05, 0) is 65.7 Å². The Labute approximate surface area is 105 Å². The Kier molecular flexibility index (Phi) is 6.52. The van der Waals surface area contributed by atoms with Crippen molar-refractivity contribution in [2.45, 2.75) is 39.2 Å². The molecule has 1 saturated heterocycles. The van der Waals surface area contributed by atoms with E-state index in [0.29, 0.717) is 6.61 Å². The molecule has 1 fully saturated rings. The summed E-state index contributed by atoms with van der Waals surface area (Å²) < 4.78 is 4.95. The molecule has 1 rings (SSSR count). The van der Waals surface area contributed by atoms with Gasteiger partial charge in [0.1, 0.15) is 6.04 Å². The molecule has 1 aliphatic rings. The third kappa shape index (κ3) is 5.50. The van der Waals surface area contributed by atoms with E-state index in [1.54, 1.807) is 0 Å². The van der Waals surface area contributed by atoms with E-state index in [2.05, 4.69) is 17.3 Å². The van der Waals surface area contributed by atoms with Crippen molar-refractivity contribution in [1.29, 1.82) is 0 Å². The maximum atomic E-state index is 11.4. The molecule has 0 aromatic heterocycles. The van der Waals surface area contributed by atoms with Gasteiger partial charge in [-0.25, -0.2) is 0 Å². The van der Waals surface area contributed by atoms with Crippen LogP contribution in [0.15, 0.2) is 0 Å². The summed E-state index contributed by atoms with van der Waals surface area (Å²) in [7, 11) is 2.18. The molecule has 1 N–H and O–H groups in total. The molecule has 0 aliphatic carbocycles. The largest absolute Gasteiger partial charge is 0.465 e. The van der Waals surface area contributed by atoms with Crippen molar-refractivity contribution in [2.75, 3.05) is 33.3 Å². The smallest absolute Gasteiger partial charge is 0.322 e. The van der Waals surface area contributed by atoms with Gasteiger partial charge < -0.3 is 15.0 Å². The van der Waals surface area contributed by atoms with Gasteiger partial charge in [0.15, 0.2) is 0 Å². The molecule has 4 nitrogen and oxygen atoms in total. The van der Waals surface area contributed by atoms with Gasteiger partial charge in [0.05, 0.1) is 6.61 Å². The van der Waals surface area contributed by atoms with Gasteiger partial charge in [0.25, 0.3) is 0 Å². The van der Waals surface area contributed by atoms with Gasteiger partial charge in [0.2, 0.25) is 0 Å². The normalized spacial score (nSPS) is 20.2. The standard InChI is InChI=1S/C13H26N2O2/c1-4-17-13(16)11(2)14-8-5-12-6-9-15(3)10-7-12/h11-12,14H,4-10H2,1-3H3. The van der Waals surface area contributed by atoms with Crippen molar-refractivity contribution in [3.8, 4) is 0 Å². The summed E-state index contributed by atoms with van der Waals surface area (Å²) in [6.07, 6.45) is 3.73. The maximum Gasteiger partial charge on any atom is 0.322 e.